The molecule has 0 aromatic rings. The fraction of sp³-hybridized carbons (Fsp3) is 1.00. The highest BCUT2D eigenvalue weighted by Crippen LogP contribution is 2.40. The standard InChI is InChI=1S/C15H30N2/c1-4-13-8-12-17(11-6-10-16-13)14-7-5-9-15(14,2)3/h13-14,16H,4-12H2,1-3H3. The second kappa shape index (κ2) is 5.71. The van der Waals surface area contributed by atoms with Crippen molar-refractivity contribution in [1.29, 1.82) is 0 Å². The quantitative estimate of drug-likeness (QED) is 0.795. The van der Waals surface area contributed by atoms with Gasteiger partial charge in [0.25, 0.3) is 0 Å². The summed E-state index contributed by atoms with van der Waals surface area (Å²) in [7, 11) is 0. The maximum absolute atomic E-state index is 3.68. The Labute approximate surface area is 107 Å². The summed E-state index contributed by atoms with van der Waals surface area (Å²) in [5.74, 6) is 0. The lowest BCUT2D eigenvalue weighted by Crippen LogP contribution is -2.47. The van der Waals surface area contributed by atoms with E-state index in [4.69, 9.17) is 0 Å². The zero-order valence-corrected chi connectivity index (χ0v) is 12.0. The van der Waals surface area contributed by atoms with E-state index in [0.717, 1.165) is 12.1 Å². The monoisotopic (exact) mass is 238 g/mol. The van der Waals surface area contributed by atoms with Crippen LogP contribution in [0.15, 0.2) is 0 Å². The van der Waals surface area contributed by atoms with Gasteiger partial charge in [0, 0.05) is 12.1 Å². The number of nitrogens with one attached hydrogen (secondary N) is 1. The van der Waals surface area contributed by atoms with Crippen LogP contribution < -0.4 is 5.32 Å². The SMILES string of the molecule is CCC1CCN(C2CCCC2(C)C)CCCN1. The first-order chi connectivity index (χ1) is 8.13. The summed E-state index contributed by atoms with van der Waals surface area (Å²) in [6.45, 7) is 11.1. The summed E-state index contributed by atoms with van der Waals surface area (Å²) in [6, 6.07) is 1.60. The van der Waals surface area contributed by atoms with E-state index in [1.165, 1.54) is 58.2 Å². The Kier molecular flexibility index (Phi) is 4.48. The lowest BCUT2D eigenvalue weighted by atomic mass is 9.86. The largest absolute Gasteiger partial charge is 0.314 e. The summed E-state index contributed by atoms with van der Waals surface area (Å²) in [5, 5.41) is 3.68. The molecule has 0 spiro atoms. The van der Waals surface area contributed by atoms with Crippen molar-refractivity contribution in [2.45, 2.75) is 71.4 Å². The van der Waals surface area contributed by atoms with Crippen molar-refractivity contribution in [3.05, 3.63) is 0 Å². The first kappa shape index (κ1) is 13.4. The smallest absolute Gasteiger partial charge is 0.0146 e. The normalized spacial score (nSPS) is 35.5. The van der Waals surface area contributed by atoms with Crippen molar-refractivity contribution in [3.63, 3.8) is 0 Å². The topological polar surface area (TPSA) is 15.3 Å². The Morgan fingerprint density at radius 2 is 2.00 bits per heavy atom. The van der Waals surface area contributed by atoms with E-state index in [1.807, 2.05) is 0 Å². The van der Waals surface area contributed by atoms with E-state index in [2.05, 4.69) is 31.0 Å². The predicted octanol–water partition coefficient (Wildman–Crippen LogP) is 3.03. The maximum Gasteiger partial charge on any atom is 0.0146 e. The Bertz CT molecular complexity index is 237. The summed E-state index contributed by atoms with van der Waals surface area (Å²) < 4.78 is 0. The van der Waals surface area contributed by atoms with Crippen LogP contribution in [0.25, 0.3) is 0 Å². The zero-order chi connectivity index (χ0) is 12.3. The number of rotatable bonds is 2. The Morgan fingerprint density at radius 3 is 2.65 bits per heavy atom. The third-order valence-corrected chi connectivity index (χ3v) is 4.95. The lowest BCUT2D eigenvalue weighted by Gasteiger charge is -2.39. The minimum absolute atomic E-state index is 0.550. The van der Waals surface area contributed by atoms with Crippen LogP contribution in [-0.2, 0) is 0 Å². The molecule has 2 aliphatic rings. The van der Waals surface area contributed by atoms with Gasteiger partial charge in [-0.2, -0.15) is 0 Å². The van der Waals surface area contributed by atoms with Crippen molar-refractivity contribution in [2.24, 2.45) is 5.41 Å². The summed E-state index contributed by atoms with van der Waals surface area (Å²) >= 11 is 0. The average molecular weight is 238 g/mol. The minimum Gasteiger partial charge on any atom is -0.314 e. The molecule has 0 amide bonds. The van der Waals surface area contributed by atoms with E-state index in [0.29, 0.717) is 5.41 Å². The molecule has 2 unspecified atom stereocenters. The molecule has 2 nitrogen and oxygen atoms in total. The fourth-order valence-electron chi connectivity index (χ4n) is 3.77. The molecule has 2 rings (SSSR count). The van der Waals surface area contributed by atoms with Gasteiger partial charge in [0.05, 0.1) is 0 Å². The summed E-state index contributed by atoms with van der Waals surface area (Å²) in [6.07, 6.45) is 8.22. The minimum atomic E-state index is 0.550. The molecule has 1 aliphatic heterocycles. The van der Waals surface area contributed by atoms with Crippen molar-refractivity contribution in [2.75, 3.05) is 19.6 Å². The Morgan fingerprint density at radius 1 is 1.18 bits per heavy atom. The van der Waals surface area contributed by atoms with Gasteiger partial charge in [0.1, 0.15) is 0 Å². The van der Waals surface area contributed by atoms with Gasteiger partial charge < -0.3 is 5.32 Å². The molecule has 100 valence electrons. The van der Waals surface area contributed by atoms with Gasteiger partial charge >= 0.3 is 0 Å². The van der Waals surface area contributed by atoms with Gasteiger partial charge in [-0.3, -0.25) is 4.90 Å². The summed E-state index contributed by atoms with van der Waals surface area (Å²) in [5.41, 5.74) is 0.550. The molecule has 2 fully saturated rings. The van der Waals surface area contributed by atoms with E-state index in [-0.39, 0.29) is 0 Å². The van der Waals surface area contributed by atoms with Crippen molar-refractivity contribution >= 4 is 0 Å². The molecule has 1 saturated carbocycles. The van der Waals surface area contributed by atoms with E-state index in [9.17, 15) is 0 Å². The van der Waals surface area contributed by atoms with Gasteiger partial charge in [-0.15, -0.1) is 0 Å². The molecule has 1 aliphatic carbocycles. The molecular formula is C15H30N2. The lowest BCUT2D eigenvalue weighted by molar-refractivity contribution is 0.0993. The number of hydrogen-bond acceptors (Lipinski definition) is 2. The van der Waals surface area contributed by atoms with Crippen LogP contribution in [0.4, 0.5) is 0 Å². The third kappa shape index (κ3) is 3.23. The highest BCUT2D eigenvalue weighted by atomic mass is 15.2. The molecule has 0 aromatic heterocycles. The zero-order valence-electron chi connectivity index (χ0n) is 12.0. The molecule has 1 N–H and O–H groups in total. The fourth-order valence-corrected chi connectivity index (χ4v) is 3.77. The van der Waals surface area contributed by atoms with Crippen molar-refractivity contribution in [1.82, 2.24) is 10.2 Å². The van der Waals surface area contributed by atoms with Gasteiger partial charge in [-0.05, 0) is 57.2 Å². The van der Waals surface area contributed by atoms with E-state index < -0.39 is 0 Å². The van der Waals surface area contributed by atoms with Crippen molar-refractivity contribution in [3.8, 4) is 0 Å². The average Bonchev–Trinajstić information content (AvgIpc) is 2.59. The molecular weight excluding hydrogens is 208 g/mol. The van der Waals surface area contributed by atoms with Crippen LogP contribution >= 0.6 is 0 Å². The summed E-state index contributed by atoms with van der Waals surface area (Å²) in [4.78, 5) is 2.80. The van der Waals surface area contributed by atoms with Gasteiger partial charge in [0.2, 0.25) is 0 Å². The van der Waals surface area contributed by atoms with E-state index >= 15 is 0 Å². The van der Waals surface area contributed by atoms with Crippen LogP contribution in [-0.4, -0.2) is 36.6 Å². The van der Waals surface area contributed by atoms with Crippen LogP contribution in [0, 0.1) is 5.41 Å². The predicted molar refractivity (Wildman–Crippen MR) is 74.3 cm³/mol. The number of hydrogen-bond donors (Lipinski definition) is 1. The van der Waals surface area contributed by atoms with Gasteiger partial charge in [0.15, 0.2) is 0 Å². The molecule has 2 atom stereocenters. The molecule has 0 bridgehead atoms. The highest BCUT2D eigenvalue weighted by Gasteiger charge is 2.38. The first-order valence-corrected chi connectivity index (χ1v) is 7.61. The van der Waals surface area contributed by atoms with Gasteiger partial charge in [-0.1, -0.05) is 27.2 Å². The Hall–Kier alpha value is -0.0800. The van der Waals surface area contributed by atoms with Crippen molar-refractivity contribution < 1.29 is 0 Å². The van der Waals surface area contributed by atoms with Crippen LogP contribution in [0.5, 0.6) is 0 Å². The molecule has 2 heteroatoms. The molecule has 1 heterocycles. The maximum atomic E-state index is 3.68. The van der Waals surface area contributed by atoms with Crippen LogP contribution in [0.2, 0.25) is 0 Å². The number of nitrogens with zero attached hydrogens (tertiary/aromatic N) is 1. The molecule has 0 radical (unpaired) electrons. The third-order valence-electron chi connectivity index (χ3n) is 4.95. The van der Waals surface area contributed by atoms with E-state index in [1.54, 1.807) is 0 Å². The van der Waals surface area contributed by atoms with Crippen LogP contribution in [0.3, 0.4) is 0 Å². The van der Waals surface area contributed by atoms with Crippen LogP contribution in [0.1, 0.15) is 59.3 Å². The second-order valence-corrected chi connectivity index (χ2v) is 6.63. The molecule has 1 saturated heterocycles. The molecule has 0 aromatic carbocycles. The first-order valence-electron chi connectivity index (χ1n) is 7.61. The molecule has 17 heavy (non-hydrogen) atoms. The van der Waals surface area contributed by atoms with Gasteiger partial charge in [-0.25, -0.2) is 0 Å². The highest BCUT2D eigenvalue weighted by molar-refractivity contribution is 4.92. The Balaban J connectivity index is 1.95. The second-order valence-electron chi connectivity index (χ2n) is 6.63.